The van der Waals surface area contributed by atoms with E-state index in [9.17, 15) is 4.79 Å². The van der Waals surface area contributed by atoms with Crippen LogP contribution in [0.15, 0.2) is 36.7 Å². The molecular weight excluding hydrogens is 262 g/mol. The highest BCUT2D eigenvalue weighted by atomic mass is 35.5. The van der Waals surface area contributed by atoms with Crippen LogP contribution >= 0.6 is 11.6 Å². The quantitative estimate of drug-likeness (QED) is 0.937. The van der Waals surface area contributed by atoms with Crippen molar-refractivity contribution in [2.24, 2.45) is 0 Å². The van der Waals surface area contributed by atoms with Crippen LogP contribution in [0.2, 0.25) is 5.02 Å². The Balaban J connectivity index is 2.06. The second-order valence-electron chi connectivity index (χ2n) is 4.27. The van der Waals surface area contributed by atoms with Crippen LogP contribution in [0.3, 0.4) is 0 Å². The molecule has 0 fully saturated rings. The number of nitrogens with one attached hydrogen (secondary N) is 1. The van der Waals surface area contributed by atoms with Gasteiger partial charge in [-0.3, -0.25) is 4.79 Å². The molecule has 1 amide bonds. The van der Waals surface area contributed by atoms with Crippen molar-refractivity contribution in [2.75, 3.05) is 0 Å². The van der Waals surface area contributed by atoms with Crippen molar-refractivity contribution in [3.63, 3.8) is 0 Å². The first-order chi connectivity index (χ1) is 9.06. The smallest absolute Gasteiger partial charge is 0.254 e. The first-order valence-corrected chi connectivity index (χ1v) is 6.29. The Hall–Kier alpha value is -1.94. The Morgan fingerprint density at radius 1 is 1.21 bits per heavy atom. The van der Waals surface area contributed by atoms with Gasteiger partial charge in [0.15, 0.2) is 0 Å². The highest BCUT2D eigenvalue weighted by Gasteiger charge is 2.11. The number of nitrogens with zero attached hydrogens (tertiary/aromatic N) is 2. The first-order valence-electron chi connectivity index (χ1n) is 5.91. The van der Waals surface area contributed by atoms with Crippen LogP contribution < -0.4 is 5.32 Å². The van der Waals surface area contributed by atoms with Crippen molar-refractivity contribution < 1.29 is 4.79 Å². The van der Waals surface area contributed by atoms with Gasteiger partial charge in [0.2, 0.25) is 0 Å². The summed E-state index contributed by atoms with van der Waals surface area (Å²) in [5.74, 6) is 0.449. The number of amides is 1. The van der Waals surface area contributed by atoms with E-state index >= 15 is 0 Å². The van der Waals surface area contributed by atoms with Gasteiger partial charge >= 0.3 is 0 Å². The first kappa shape index (κ1) is 13.5. The summed E-state index contributed by atoms with van der Waals surface area (Å²) in [4.78, 5) is 20.0. The summed E-state index contributed by atoms with van der Waals surface area (Å²) < 4.78 is 0. The lowest BCUT2D eigenvalue weighted by molar-refractivity contribution is 0.0939. The van der Waals surface area contributed by atoms with Gasteiger partial charge in [-0.05, 0) is 31.5 Å². The highest BCUT2D eigenvalue weighted by molar-refractivity contribution is 6.30. The third kappa shape index (κ3) is 3.51. The van der Waals surface area contributed by atoms with Crippen LogP contribution in [0.4, 0.5) is 0 Å². The second-order valence-corrected chi connectivity index (χ2v) is 4.70. The van der Waals surface area contributed by atoms with Crippen LogP contribution in [0, 0.1) is 6.92 Å². The molecule has 98 valence electrons. The predicted molar refractivity (Wildman–Crippen MR) is 74.1 cm³/mol. The van der Waals surface area contributed by atoms with Crippen molar-refractivity contribution in [3.05, 3.63) is 58.6 Å². The molecule has 0 aliphatic carbocycles. The normalized spacial score (nSPS) is 11.9. The monoisotopic (exact) mass is 275 g/mol. The van der Waals surface area contributed by atoms with E-state index in [0.29, 0.717) is 16.4 Å². The predicted octanol–water partition coefficient (Wildman–Crippen LogP) is 2.93. The van der Waals surface area contributed by atoms with E-state index in [1.165, 1.54) is 12.4 Å². The van der Waals surface area contributed by atoms with Crippen LogP contribution in [-0.4, -0.2) is 15.9 Å². The summed E-state index contributed by atoms with van der Waals surface area (Å²) in [6, 6.07) is 7.27. The van der Waals surface area contributed by atoms with Crippen molar-refractivity contribution in [1.82, 2.24) is 15.3 Å². The van der Waals surface area contributed by atoms with Gasteiger partial charge in [0, 0.05) is 17.4 Å². The van der Waals surface area contributed by atoms with Crippen molar-refractivity contribution in [3.8, 4) is 0 Å². The van der Waals surface area contributed by atoms with E-state index in [1.807, 2.05) is 19.1 Å². The third-order valence-corrected chi connectivity index (χ3v) is 3.01. The Labute approximate surface area is 116 Å². The molecule has 0 unspecified atom stereocenters. The SMILES string of the molecule is Cc1ncc(C(=O)N[C@H](C)c2ccc(Cl)cc2)cn1. The summed E-state index contributed by atoms with van der Waals surface area (Å²) >= 11 is 5.83. The zero-order chi connectivity index (χ0) is 13.8. The number of hydrogen-bond acceptors (Lipinski definition) is 3. The zero-order valence-electron chi connectivity index (χ0n) is 10.7. The summed E-state index contributed by atoms with van der Waals surface area (Å²) in [5.41, 5.74) is 1.44. The Kier molecular flexibility index (Phi) is 4.12. The number of hydrogen-bond donors (Lipinski definition) is 1. The van der Waals surface area contributed by atoms with E-state index in [1.54, 1.807) is 19.1 Å². The number of carbonyl (C=O) groups excluding carboxylic acids is 1. The average molecular weight is 276 g/mol. The lowest BCUT2D eigenvalue weighted by Crippen LogP contribution is -2.26. The van der Waals surface area contributed by atoms with Crippen molar-refractivity contribution in [1.29, 1.82) is 0 Å². The van der Waals surface area contributed by atoms with Gasteiger partial charge in [-0.2, -0.15) is 0 Å². The average Bonchev–Trinajstić information content (AvgIpc) is 2.40. The van der Waals surface area contributed by atoms with Crippen molar-refractivity contribution in [2.45, 2.75) is 19.9 Å². The van der Waals surface area contributed by atoms with Gasteiger partial charge in [-0.1, -0.05) is 23.7 Å². The molecule has 2 rings (SSSR count). The van der Waals surface area contributed by atoms with E-state index in [0.717, 1.165) is 5.56 Å². The Morgan fingerprint density at radius 3 is 2.37 bits per heavy atom. The minimum atomic E-state index is -0.192. The lowest BCUT2D eigenvalue weighted by Gasteiger charge is -2.14. The molecule has 2 aromatic rings. The number of benzene rings is 1. The molecule has 0 bridgehead atoms. The van der Waals surface area contributed by atoms with E-state index in [-0.39, 0.29) is 11.9 Å². The molecular formula is C14H14ClN3O. The summed E-state index contributed by atoms with van der Waals surface area (Å²) in [7, 11) is 0. The van der Waals surface area contributed by atoms with Crippen LogP contribution in [0.1, 0.15) is 34.7 Å². The van der Waals surface area contributed by atoms with Gasteiger partial charge in [-0.25, -0.2) is 9.97 Å². The topological polar surface area (TPSA) is 54.9 Å². The molecule has 0 aliphatic rings. The molecule has 0 saturated carbocycles. The maximum atomic E-state index is 12.0. The van der Waals surface area contributed by atoms with Gasteiger partial charge < -0.3 is 5.32 Å². The summed E-state index contributed by atoms with van der Waals surface area (Å²) in [5, 5.41) is 3.56. The number of rotatable bonds is 3. The molecule has 0 saturated heterocycles. The number of halogens is 1. The van der Waals surface area contributed by atoms with Crippen LogP contribution in [0.5, 0.6) is 0 Å². The van der Waals surface area contributed by atoms with Crippen LogP contribution in [0.25, 0.3) is 0 Å². The standard InChI is InChI=1S/C14H14ClN3O/c1-9(11-3-5-13(15)6-4-11)18-14(19)12-7-16-10(2)17-8-12/h3-9H,1-2H3,(H,18,19)/t9-/m1/s1. The number of aryl methyl sites for hydroxylation is 1. The van der Waals surface area contributed by atoms with Crippen LogP contribution in [-0.2, 0) is 0 Å². The molecule has 1 aromatic carbocycles. The minimum Gasteiger partial charge on any atom is -0.345 e. The maximum absolute atomic E-state index is 12.0. The molecule has 1 N–H and O–H groups in total. The second kappa shape index (κ2) is 5.80. The summed E-state index contributed by atoms with van der Waals surface area (Å²) in [6.07, 6.45) is 3.04. The summed E-state index contributed by atoms with van der Waals surface area (Å²) in [6.45, 7) is 3.69. The molecule has 0 aliphatic heterocycles. The van der Waals surface area contributed by atoms with E-state index < -0.39 is 0 Å². The number of aromatic nitrogens is 2. The van der Waals surface area contributed by atoms with E-state index in [2.05, 4.69) is 15.3 Å². The Bertz CT molecular complexity index is 566. The molecule has 1 aromatic heterocycles. The molecule has 0 radical (unpaired) electrons. The van der Waals surface area contributed by atoms with Crippen molar-refractivity contribution >= 4 is 17.5 Å². The lowest BCUT2D eigenvalue weighted by atomic mass is 10.1. The molecule has 4 nitrogen and oxygen atoms in total. The van der Waals surface area contributed by atoms with E-state index in [4.69, 9.17) is 11.6 Å². The highest BCUT2D eigenvalue weighted by Crippen LogP contribution is 2.16. The van der Waals surface area contributed by atoms with Gasteiger partial charge in [0.1, 0.15) is 5.82 Å². The number of carbonyl (C=O) groups is 1. The Morgan fingerprint density at radius 2 is 1.79 bits per heavy atom. The third-order valence-electron chi connectivity index (χ3n) is 2.76. The maximum Gasteiger partial charge on any atom is 0.254 e. The molecule has 1 heterocycles. The fraction of sp³-hybridized carbons (Fsp3) is 0.214. The zero-order valence-corrected chi connectivity index (χ0v) is 11.5. The molecule has 0 spiro atoms. The fourth-order valence-corrected chi connectivity index (χ4v) is 1.75. The molecule has 5 heteroatoms. The van der Waals surface area contributed by atoms with Gasteiger partial charge in [0.25, 0.3) is 5.91 Å². The fourth-order valence-electron chi connectivity index (χ4n) is 1.62. The molecule has 19 heavy (non-hydrogen) atoms. The van der Waals surface area contributed by atoms with Gasteiger partial charge in [0.05, 0.1) is 11.6 Å². The minimum absolute atomic E-state index is 0.105. The van der Waals surface area contributed by atoms with Gasteiger partial charge in [-0.15, -0.1) is 0 Å². The molecule has 1 atom stereocenters. The largest absolute Gasteiger partial charge is 0.345 e.